The first kappa shape index (κ1) is 30.8. The molecule has 0 radical (unpaired) electrons. The normalized spacial score (nSPS) is 21.3. The molecule has 3 aromatic rings. The molecule has 1 fully saturated rings. The molecule has 0 saturated heterocycles. The van der Waals surface area contributed by atoms with Crippen LogP contribution in [0.2, 0.25) is 5.02 Å². The fourth-order valence-corrected chi connectivity index (χ4v) is 6.66. The highest BCUT2D eigenvalue weighted by atomic mass is 35.5. The van der Waals surface area contributed by atoms with Crippen molar-refractivity contribution in [2.45, 2.75) is 90.9 Å². The molecule has 2 N–H and O–H groups in total. The number of carbonyl (C=O) groups is 2. The number of rotatable bonds is 9. The first-order valence-electron chi connectivity index (χ1n) is 15.0. The predicted octanol–water partition coefficient (Wildman–Crippen LogP) is 6.42. The van der Waals surface area contributed by atoms with Crippen molar-refractivity contribution < 1.29 is 14.0 Å². The van der Waals surface area contributed by atoms with Crippen LogP contribution in [-0.2, 0) is 11.3 Å². The van der Waals surface area contributed by atoms with Gasteiger partial charge >= 0.3 is 0 Å². The van der Waals surface area contributed by atoms with E-state index in [1.165, 1.54) is 12.1 Å². The number of carbonyl (C=O) groups excluding carboxylic acids is 2. The first-order chi connectivity index (χ1) is 20.5. The molecule has 0 bridgehead atoms. The number of H-pyrrole nitrogens is 1. The lowest BCUT2D eigenvalue weighted by molar-refractivity contribution is -0.133. The van der Waals surface area contributed by atoms with Gasteiger partial charge in [-0.1, -0.05) is 69.5 Å². The van der Waals surface area contributed by atoms with Crippen molar-refractivity contribution >= 4 is 29.1 Å². The first-order valence-corrected chi connectivity index (χ1v) is 15.4. The second-order valence-corrected chi connectivity index (χ2v) is 13.1. The third-order valence-electron chi connectivity index (χ3n) is 8.83. The van der Waals surface area contributed by atoms with Crippen molar-refractivity contribution in [1.82, 2.24) is 30.8 Å². The van der Waals surface area contributed by atoms with Crippen LogP contribution in [0.4, 0.5) is 4.39 Å². The average molecular weight is 608 g/mol. The Hall–Kier alpha value is -3.66. The maximum atomic E-state index is 14.4. The van der Waals surface area contributed by atoms with Crippen LogP contribution in [0.1, 0.15) is 106 Å². The molecule has 5 rings (SSSR count). The van der Waals surface area contributed by atoms with Crippen molar-refractivity contribution in [2.24, 2.45) is 16.3 Å². The second kappa shape index (κ2) is 12.5. The van der Waals surface area contributed by atoms with Crippen LogP contribution >= 0.6 is 11.6 Å². The molecule has 2 aliphatic rings. The molecule has 9 nitrogen and oxygen atoms in total. The molecule has 2 amide bonds. The summed E-state index contributed by atoms with van der Waals surface area (Å²) in [5.41, 5.74) is 1.50. The molecule has 1 aromatic heterocycles. The molecule has 1 aliphatic carbocycles. The number of benzene rings is 2. The number of tetrazole rings is 1. The van der Waals surface area contributed by atoms with Gasteiger partial charge in [0.25, 0.3) is 11.8 Å². The molecule has 43 heavy (non-hydrogen) atoms. The van der Waals surface area contributed by atoms with Crippen molar-refractivity contribution in [3.05, 3.63) is 75.8 Å². The lowest BCUT2D eigenvalue weighted by Crippen LogP contribution is -2.51. The second-order valence-electron chi connectivity index (χ2n) is 12.7. The Morgan fingerprint density at radius 1 is 1.19 bits per heavy atom. The summed E-state index contributed by atoms with van der Waals surface area (Å²) < 4.78 is 14.4. The Bertz CT molecular complexity index is 1460. The van der Waals surface area contributed by atoms with E-state index < -0.39 is 11.5 Å². The zero-order chi connectivity index (χ0) is 30.8. The predicted molar refractivity (Wildman–Crippen MR) is 163 cm³/mol. The van der Waals surface area contributed by atoms with Gasteiger partial charge in [-0.05, 0) is 79.3 Å². The molecular weight excluding hydrogens is 569 g/mol. The van der Waals surface area contributed by atoms with Crippen LogP contribution in [0, 0.1) is 17.2 Å². The van der Waals surface area contributed by atoms with Crippen molar-refractivity contribution in [3.63, 3.8) is 0 Å². The molecule has 1 saturated carbocycles. The lowest BCUT2D eigenvalue weighted by atomic mass is 9.69. The smallest absolute Gasteiger partial charge is 0.275 e. The standard InChI is InChI=1S/C32H39ClFN7O2/c1-5-6-7-26(20-8-10-21(11-9-20)29(42)35-19-27-37-39-40-38-27)41-30(43)28(22-16-24(33)18-25(34)17-22)36-32(41)14-12-23(13-15-32)31(2,3)4/h8-11,16-18,23,26H,5-7,12-15,19H2,1-4H3,(H,35,42)(H,37,38,39,40)/t23?,26-,32?/m1/s1. The van der Waals surface area contributed by atoms with Gasteiger partial charge in [0.05, 0.1) is 12.6 Å². The monoisotopic (exact) mass is 607 g/mol. The quantitative estimate of drug-likeness (QED) is 0.291. The number of hydrogen-bond acceptors (Lipinski definition) is 6. The SMILES string of the molecule is CCCC[C@H](c1ccc(C(=O)NCc2nn[nH]n2)cc1)N1C(=O)C(c2cc(F)cc(Cl)c2)=NC12CCC(C(C)(C)C)CC2. The van der Waals surface area contributed by atoms with E-state index in [0.29, 0.717) is 22.9 Å². The molecule has 11 heteroatoms. The molecule has 1 aliphatic heterocycles. The molecule has 1 atom stereocenters. The maximum absolute atomic E-state index is 14.4. The number of unbranched alkanes of at least 4 members (excludes halogenated alkanes) is 1. The summed E-state index contributed by atoms with van der Waals surface area (Å²) in [6.45, 7) is 9.07. The number of aromatic amines is 1. The van der Waals surface area contributed by atoms with Crippen molar-refractivity contribution in [1.29, 1.82) is 0 Å². The highest BCUT2D eigenvalue weighted by Gasteiger charge is 2.52. The van der Waals surface area contributed by atoms with Crippen LogP contribution in [0.25, 0.3) is 0 Å². The van der Waals surface area contributed by atoms with E-state index in [-0.39, 0.29) is 40.6 Å². The topological polar surface area (TPSA) is 116 Å². The fourth-order valence-electron chi connectivity index (χ4n) is 6.44. The van der Waals surface area contributed by atoms with Gasteiger partial charge in [0, 0.05) is 16.1 Å². The average Bonchev–Trinajstić information content (AvgIpc) is 3.58. The van der Waals surface area contributed by atoms with E-state index in [0.717, 1.165) is 50.5 Å². The van der Waals surface area contributed by atoms with Crippen LogP contribution in [0.15, 0.2) is 47.5 Å². The van der Waals surface area contributed by atoms with E-state index in [2.05, 4.69) is 53.6 Å². The summed E-state index contributed by atoms with van der Waals surface area (Å²) in [6, 6.07) is 11.3. The summed E-state index contributed by atoms with van der Waals surface area (Å²) in [5.74, 6) is -0.0721. The highest BCUT2D eigenvalue weighted by Crippen LogP contribution is 2.50. The summed E-state index contributed by atoms with van der Waals surface area (Å²) in [6.07, 6.45) is 5.94. The third-order valence-corrected chi connectivity index (χ3v) is 9.05. The third kappa shape index (κ3) is 6.64. The minimum absolute atomic E-state index is 0.152. The van der Waals surface area contributed by atoms with Gasteiger partial charge < -0.3 is 10.2 Å². The van der Waals surface area contributed by atoms with E-state index in [4.69, 9.17) is 16.6 Å². The summed E-state index contributed by atoms with van der Waals surface area (Å²) >= 11 is 6.21. The lowest BCUT2D eigenvalue weighted by Gasteiger charge is -2.47. The number of halogens is 2. The van der Waals surface area contributed by atoms with Gasteiger partial charge in [-0.15, -0.1) is 10.2 Å². The number of aliphatic imine (C=N–C) groups is 1. The van der Waals surface area contributed by atoms with Crippen molar-refractivity contribution in [3.8, 4) is 0 Å². The van der Waals surface area contributed by atoms with E-state index in [1.54, 1.807) is 18.2 Å². The molecule has 0 unspecified atom stereocenters. The van der Waals surface area contributed by atoms with Gasteiger partial charge in [-0.25, -0.2) is 4.39 Å². The maximum Gasteiger partial charge on any atom is 0.275 e. The van der Waals surface area contributed by atoms with E-state index in [1.807, 2.05) is 17.0 Å². The van der Waals surface area contributed by atoms with Crippen LogP contribution in [0.5, 0.6) is 0 Å². The molecule has 2 aromatic carbocycles. The Morgan fingerprint density at radius 2 is 1.91 bits per heavy atom. The van der Waals surface area contributed by atoms with Gasteiger partial charge in [0.1, 0.15) is 17.2 Å². The number of nitrogens with zero attached hydrogens (tertiary/aromatic N) is 5. The molecule has 228 valence electrons. The van der Waals surface area contributed by atoms with E-state index >= 15 is 0 Å². The Morgan fingerprint density at radius 3 is 2.51 bits per heavy atom. The molecule has 1 spiro atoms. The zero-order valence-electron chi connectivity index (χ0n) is 25.2. The summed E-state index contributed by atoms with van der Waals surface area (Å²) in [4.78, 5) is 34.3. The van der Waals surface area contributed by atoms with Crippen LogP contribution < -0.4 is 5.32 Å². The van der Waals surface area contributed by atoms with Gasteiger partial charge in [-0.2, -0.15) is 5.21 Å². The van der Waals surface area contributed by atoms with Gasteiger partial charge in [0.15, 0.2) is 5.82 Å². The number of amides is 2. The van der Waals surface area contributed by atoms with Crippen molar-refractivity contribution in [2.75, 3.05) is 0 Å². The molecular formula is C32H39ClFN7O2. The molecule has 2 heterocycles. The largest absolute Gasteiger partial charge is 0.345 e. The Labute approximate surface area is 256 Å². The van der Waals surface area contributed by atoms with Gasteiger partial charge in [-0.3, -0.25) is 14.6 Å². The Kier molecular flexibility index (Phi) is 8.96. The summed E-state index contributed by atoms with van der Waals surface area (Å²) in [5, 5.41) is 16.6. The summed E-state index contributed by atoms with van der Waals surface area (Å²) in [7, 11) is 0. The van der Waals surface area contributed by atoms with Gasteiger partial charge in [0.2, 0.25) is 0 Å². The number of hydrogen-bond donors (Lipinski definition) is 2. The minimum atomic E-state index is -0.730. The fraction of sp³-hybridized carbons (Fsp3) is 0.500. The van der Waals surface area contributed by atoms with Crippen LogP contribution in [-0.4, -0.2) is 48.7 Å². The zero-order valence-corrected chi connectivity index (χ0v) is 25.9. The Balaban J connectivity index is 1.48. The van der Waals surface area contributed by atoms with Crippen LogP contribution in [0.3, 0.4) is 0 Å². The minimum Gasteiger partial charge on any atom is -0.345 e. The van der Waals surface area contributed by atoms with E-state index in [9.17, 15) is 14.0 Å². The number of nitrogens with one attached hydrogen (secondary N) is 2. The highest BCUT2D eigenvalue weighted by molar-refractivity contribution is 6.47. The number of aromatic nitrogens is 4.